The van der Waals surface area contributed by atoms with Crippen molar-refractivity contribution in [1.29, 1.82) is 0 Å². The topological polar surface area (TPSA) is 15.3 Å². The van der Waals surface area contributed by atoms with E-state index in [1.807, 2.05) is 0 Å². The molecule has 1 heterocycles. The van der Waals surface area contributed by atoms with E-state index in [0.717, 1.165) is 17.1 Å². The predicted octanol–water partition coefficient (Wildman–Crippen LogP) is 3.07. The molecular weight excluding hydrogens is 228 g/mol. The molecule has 2 saturated carbocycles. The van der Waals surface area contributed by atoms with Crippen LogP contribution in [0.4, 0.5) is 0 Å². The van der Waals surface area contributed by atoms with Crippen molar-refractivity contribution in [3.05, 3.63) is 0 Å². The Kier molecular flexibility index (Phi) is 3.06. The Hall–Kier alpha value is -0.310. The van der Waals surface area contributed by atoms with E-state index in [1.54, 1.807) is 0 Å². The Morgan fingerprint density at radius 1 is 1.12 bits per heavy atom. The van der Waals surface area contributed by atoms with Crippen molar-refractivity contribution in [3.8, 4) is 0 Å². The van der Waals surface area contributed by atoms with E-state index in [-0.39, 0.29) is 0 Å². The fourth-order valence-corrected chi connectivity index (χ4v) is 4.78. The van der Waals surface area contributed by atoms with Gasteiger partial charge in [0.1, 0.15) is 0 Å². The summed E-state index contributed by atoms with van der Waals surface area (Å²) in [6.07, 6.45) is 12.5. The van der Waals surface area contributed by atoms with E-state index in [2.05, 4.69) is 17.3 Å². The first-order valence-electron chi connectivity index (χ1n) is 7.28. The number of nitrogens with one attached hydrogen (secondary N) is 1. The van der Waals surface area contributed by atoms with Gasteiger partial charge in [-0.05, 0) is 37.9 Å². The van der Waals surface area contributed by atoms with Crippen LogP contribution in [0.1, 0.15) is 57.8 Å². The molecule has 2 nitrogen and oxygen atoms in total. The van der Waals surface area contributed by atoms with Crippen molar-refractivity contribution in [3.63, 3.8) is 0 Å². The van der Waals surface area contributed by atoms with Gasteiger partial charge in [-0.1, -0.05) is 32.1 Å². The Labute approximate surface area is 110 Å². The van der Waals surface area contributed by atoms with Crippen LogP contribution in [0.2, 0.25) is 0 Å². The van der Waals surface area contributed by atoms with Gasteiger partial charge in [0.2, 0.25) is 0 Å². The van der Waals surface area contributed by atoms with Crippen LogP contribution in [0.5, 0.6) is 0 Å². The van der Waals surface area contributed by atoms with Gasteiger partial charge in [0, 0.05) is 24.5 Å². The summed E-state index contributed by atoms with van der Waals surface area (Å²) in [5, 5.41) is 4.75. The van der Waals surface area contributed by atoms with Crippen LogP contribution in [0.15, 0.2) is 0 Å². The summed E-state index contributed by atoms with van der Waals surface area (Å²) in [7, 11) is 2.19. The molecule has 0 radical (unpaired) electrons. The lowest BCUT2D eigenvalue weighted by molar-refractivity contribution is 0.0429. The molecule has 3 rings (SSSR count). The van der Waals surface area contributed by atoms with Crippen LogP contribution < -0.4 is 5.32 Å². The molecule has 3 heteroatoms. The smallest absolute Gasteiger partial charge is 0.169 e. The van der Waals surface area contributed by atoms with E-state index in [4.69, 9.17) is 12.2 Å². The third kappa shape index (κ3) is 1.87. The standard InChI is InChI=1S/C14H24N2S/c1-16-12-8-4-3-7-11(12)14(15-13(16)17)9-5-2-6-10-14/h11-12H,2-10H2,1H3,(H,15,17)/t11-,12-/m1/s1. The minimum Gasteiger partial charge on any atom is -0.357 e. The second-order valence-corrected chi connectivity index (χ2v) is 6.60. The van der Waals surface area contributed by atoms with E-state index >= 15 is 0 Å². The maximum atomic E-state index is 5.57. The minimum absolute atomic E-state index is 0.368. The highest BCUT2D eigenvalue weighted by Crippen LogP contribution is 2.45. The highest BCUT2D eigenvalue weighted by molar-refractivity contribution is 7.80. The average Bonchev–Trinajstić information content (AvgIpc) is 2.38. The molecule has 3 fully saturated rings. The summed E-state index contributed by atoms with van der Waals surface area (Å²) >= 11 is 5.57. The first-order chi connectivity index (χ1) is 8.23. The zero-order valence-corrected chi connectivity index (χ0v) is 11.7. The molecule has 0 unspecified atom stereocenters. The van der Waals surface area contributed by atoms with Crippen molar-refractivity contribution in [2.24, 2.45) is 5.92 Å². The van der Waals surface area contributed by atoms with Gasteiger partial charge in [0.25, 0.3) is 0 Å². The average molecular weight is 252 g/mol. The summed E-state index contributed by atoms with van der Waals surface area (Å²) in [4.78, 5) is 2.35. The number of fused-ring (bicyclic) bond motifs is 2. The fraction of sp³-hybridized carbons (Fsp3) is 0.929. The Bertz CT molecular complexity index is 309. The second kappa shape index (κ2) is 4.42. The third-order valence-electron chi connectivity index (χ3n) is 5.36. The van der Waals surface area contributed by atoms with Gasteiger partial charge in [0.05, 0.1) is 0 Å². The number of rotatable bonds is 0. The molecule has 0 bridgehead atoms. The van der Waals surface area contributed by atoms with Gasteiger partial charge in [-0.2, -0.15) is 0 Å². The summed E-state index contributed by atoms with van der Waals surface area (Å²) in [6, 6.07) is 0.718. The van der Waals surface area contributed by atoms with Crippen molar-refractivity contribution in [2.45, 2.75) is 69.4 Å². The van der Waals surface area contributed by atoms with Gasteiger partial charge in [-0.25, -0.2) is 0 Å². The number of nitrogens with zero attached hydrogens (tertiary/aromatic N) is 1. The van der Waals surface area contributed by atoms with E-state index in [1.165, 1.54) is 57.8 Å². The molecule has 1 spiro atoms. The molecule has 1 saturated heterocycles. The molecule has 96 valence electrons. The van der Waals surface area contributed by atoms with Crippen molar-refractivity contribution < 1.29 is 0 Å². The maximum absolute atomic E-state index is 5.57. The largest absolute Gasteiger partial charge is 0.357 e. The quantitative estimate of drug-likeness (QED) is 0.667. The summed E-state index contributed by atoms with van der Waals surface area (Å²) in [6.45, 7) is 0. The second-order valence-electron chi connectivity index (χ2n) is 6.22. The molecule has 2 atom stereocenters. The zero-order valence-electron chi connectivity index (χ0n) is 10.9. The molecule has 17 heavy (non-hydrogen) atoms. The highest BCUT2D eigenvalue weighted by Gasteiger charge is 2.49. The van der Waals surface area contributed by atoms with Gasteiger partial charge in [0.15, 0.2) is 5.11 Å². The number of hydrogen-bond acceptors (Lipinski definition) is 1. The molecule has 0 aromatic heterocycles. The lowest BCUT2D eigenvalue weighted by Crippen LogP contribution is -2.69. The molecule has 1 N–H and O–H groups in total. The third-order valence-corrected chi connectivity index (χ3v) is 5.75. The Morgan fingerprint density at radius 3 is 2.59 bits per heavy atom. The van der Waals surface area contributed by atoms with Crippen LogP contribution in [-0.4, -0.2) is 28.6 Å². The molecule has 0 amide bonds. The lowest BCUT2D eigenvalue weighted by Gasteiger charge is -2.56. The summed E-state index contributed by atoms with van der Waals surface area (Å²) in [5.41, 5.74) is 0.368. The maximum Gasteiger partial charge on any atom is 0.169 e. The lowest BCUT2D eigenvalue weighted by atomic mass is 9.64. The number of hydrogen-bond donors (Lipinski definition) is 1. The summed E-state index contributed by atoms with van der Waals surface area (Å²) in [5.74, 6) is 0.841. The molecule has 1 aliphatic heterocycles. The van der Waals surface area contributed by atoms with Gasteiger partial charge in [-0.15, -0.1) is 0 Å². The predicted molar refractivity (Wildman–Crippen MR) is 75.1 cm³/mol. The van der Waals surface area contributed by atoms with E-state index in [0.29, 0.717) is 5.54 Å². The van der Waals surface area contributed by atoms with Gasteiger partial charge in [-0.3, -0.25) is 0 Å². The van der Waals surface area contributed by atoms with Crippen molar-refractivity contribution in [1.82, 2.24) is 10.2 Å². The molecule has 3 aliphatic rings. The molecule has 0 aromatic carbocycles. The van der Waals surface area contributed by atoms with E-state index < -0.39 is 0 Å². The van der Waals surface area contributed by atoms with Gasteiger partial charge < -0.3 is 10.2 Å². The SMILES string of the molecule is CN1C(=S)NC2(CCCCC2)[C@@H]2CCCC[C@H]21. The van der Waals surface area contributed by atoms with Gasteiger partial charge >= 0.3 is 0 Å². The fourth-order valence-electron chi connectivity index (χ4n) is 4.44. The molecule has 0 aromatic rings. The highest BCUT2D eigenvalue weighted by atomic mass is 32.1. The first kappa shape index (κ1) is 11.8. The zero-order chi connectivity index (χ0) is 11.9. The van der Waals surface area contributed by atoms with Crippen LogP contribution in [0, 0.1) is 5.92 Å². The van der Waals surface area contributed by atoms with Crippen molar-refractivity contribution >= 4 is 17.3 Å². The Balaban J connectivity index is 1.89. The molecular formula is C14H24N2S. The van der Waals surface area contributed by atoms with Crippen LogP contribution >= 0.6 is 12.2 Å². The molecule has 2 aliphatic carbocycles. The van der Waals surface area contributed by atoms with Crippen molar-refractivity contribution in [2.75, 3.05) is 7.05 Å². The van der Waals surface area contributed by atoms with Crippen LogP contribution in [0.3, 0.4) is 0 Å². The summed E-state index contributed by atoms with van der Waals surface area (Å²) < 4.78 is 0. The minimum atomic E-state index is 0.368. The monoisotopic (exact) mass is 252 g/mol. The van der Waals surface area contributed by atoms with E-state index in [9.17, 15) is 0 Å². The first-order valence-corrected chi connectivity index (χ1v) is 7.69. The van der Waals surface area contributed by atoms with Crippen LogP contribution in [0.25, 0.3) is 0 Å². The van der Waals surface area contributed by atoms with Crippen LogP contribution in [-0.2, 0) is 0 Å². The Morgan fingerprint density at radius 2 is 1.82 bits per heavy atom. The normalized spacial score (nSPS) is 36.5. The number of thiocarbonyl (C=S) groups is 1.